The summed E-state index contributed by atoms with van der Waals surface area (Å²) in [6.07, 6.45) is 1.25. The predicted molar refractivity (Wildman–Crippen MR) is 84.7 cm³/mol. The van der Waals surface area contributed by atoms with Crippen LogP contribution >= 0.6 is 0 Å². The third-order valence-electron chi connectivity index (χ3n) is 3.62. The van der Waals surface area contributed by atoms with Crippen LogP contribution in [0.3, 0.4) is 0 Å². The van der Waals surface area contributed by atoms with Gasteiger partial charge in [0.2, 0.25) is 0 Å². The number of rotatable bonds is 4. The predicted octanol–water partition coefficient (Wildman–Crippen LogP) is 1.11. The first-order valence-electron chi connectivity index (χ1n) is 7.52. The van der Waals surface area contributed by atoms with Crippen molar-refractivity contribution in [3.8, 4) is 0 Å². The zero-order chi connectivity index (χ0) is 17.4. The maximum Gasteiger partial charge on any atom is 0.286 e. The fraction of sp³-hybridized carbons (Fsp3) is 0.400. The summed E-state index contributed by atoms with van der Waals surface area (Å²) in [5.41, 5.74) is 0.294. The number of amides is 1. The fourth-order valence-electron chi connectivity index (χ4n) is 2.30. The van der Waals surface area contributed by atoms with Gasteiger partial charge >= 0.3 is 0 Å². The number of carbonyl (C=O) groups is 1. The monoisotopic (exact) mass is 330 g/mol. The van der Waals surface area contributed by atoms with Gasteiger partial charge in [-0.3, -0.25) is 14.7 Å². The number of H-pyrrole nitrogens is 1. The molecule has 126 valence electrons. The molecule has 1 N–H and O–H groups in total. The van der Waals surface area contributed by atoms with Crippen LogP contribution < -0.4 is 5.56 Å². The van der Waals surface area contributed by atoms with E-state index in [4.69, 9.17) is 4.52 Å². The van der Waals surface area contributed by atoms with E-state index in [0.29, 0.717) is 11.6 Å². The molecule has 24 heavy (non-hydrogen) atoms. The van der Waals surface area contributed by atoms with E-state index in [1.807, 2.05) is 13.8 Å². The number of nitrogens with one attached hydrogen (secondary N) is 1. The summed E-state index contributed by atoms with van der Waals surface area (Å²) in [6, 6.07) is 1.81. The first-order chi connectivity index (χ1) is 11.4. The van der Waals surface area contributed by atoms with E-state index in [2.05, 4.69) is 20.2 Å². The molecule has 0 aliphatic carbocycles. The van der Waals surface area contributed by atoms with E-state index in [0.717, 1.165) is 10.2 Å². The number of fused-ring (bicyclic) bond motifs is 1. The second kappa shape index (κ2) is 5.91. The number of nitrogens with zero attached hydrogens (tertiary/aromatic N) is 5. The molecular formula is C15H18N6O3. The van der Waals surface area contributed by atoms with Crippen LogP contribution in [0.15, 0.2) is 21.6 Å². The van der Waals surface area contributed by atoms with Crippen LogP contribution in [-0.4, -0.2) is 42.6 Å². The van der Waals surface area contributed by atoms with Gasteiger partial charge in [0.15, 0.2) is 5.76 Å². The zero-order valence-electron chi connectivity index (χ0n) is 13.9. The molecule has 9 heteroatoms. The number of hydrogen-bond acceptors (Lipinski definition) is 6. The molecule has 0 spiro atoms. The van der Waals surface area contributed by atoms with Crippen molar-refractivity contribution < 1.29 is 9.32 Å². The summed E-state index contributed by atoms with van der Waals surface area (Å²) in [5, 5.41) is 6.72. The molecule has 3 heterocycles. The summed E-state index contributed by atoms with van der Waals surface area (Å²) in [4.78, 5) is 34.4. The molecular weight excluding hydrogens is 312 g/mol. The third kappa shape index (κ3) is 2.80. The van der Waals surface area contributed by atoms with Crippen LogP contribution in [0.2, 0.25) is 0 Å². The van der Waals surface area contributed by atoms with Crippen LogP contribution in [0.5, 0.6) is 0 Å². The van der Waals surface area contributed by atoms with Gasteiger partial charge in [-0.05, 0) is 12.8 Å². The summed E-state index contributed by atoms with van der Waals surface area (Å²) in [7, 11) is 1.59. The minimum Gasteiger partial charge on any atom is -0.359 e. The largest absolute Gasteiger partial charge is 0.359 e. The highest BCUT2D eigenvalue weighted by atomic mass is 16.5. The summed E-state index contributed by atoms with van der Waals surface area (Å²) in [6.45, 7) is 5.93. The van der Waals surface area contributed by atoms with E-state index in [1.165, 1.54) is 11.1 Å². The molecule has 3 aromatic heterocycles. The van der Waals surface area contributed by atoms with Crippen LogP contribution in [0, 0.1) is 6.92 Å². The molecule has 0 radical (unpaired) electrons. The molecule has 0 aromatic carbocycles. The first-order valence-corrected chi connectivity index (χ1v) is 7.52. The Hall–Kier alpha value is -2.97. The van der Waals surface area contributed by atoms with Crippen LogP contribution in [-0.2, 0) is 6.54 Å². The number of aryl methyl sites for hydroxylation is 1. The van der Waals surface area contributed by atoms with Crippen molar-refractivity contribution in [1.29, 1.82) is 0 Å². The highest BCUT2D eigenvalue weighted by molar-refractivity contribution is 5.93. The zero-order valence-corrected chi connectivity index (χ0v) is 13.9. The number of carbonyl (C=O) groups excluding carboxylic acids is 1. The SMILES string of the molecule is Cc1nc2ncc(C(=O)N(C)Cc3cc(C(C)C)no3)c(=O)n2[nH]1. The molecule has 3 rings (SSSR count). The number of aromatic amines is 1. The first kappa shape index (κ1) is 15.9. The average molecular weight is 330 g/mol. The maximum atomic E-state index is 12.5. The van der Waals surface area contributed by atoms with Gasteiger partial charge in [-0.15, -0.1) is 0 Å². The molecule has 0 unspecified atom stereocenters. The van der Waals surface area contributed by atoms with Gasteiger partial charge in [-0.1, -0.05) is 19.0 Å². The number of hydrogen-bond donors (Lipinski definition) is 1. The van der Waals surface area contributed by atoms with Crippen LogP contribution in [0.4, 0.5) is 0 Å². The second-order valence-electron chi connectivity index (χ2n) is 5.96. The lowest BCUT2D eigenvalue weighted by Gasteiger charge is -2.14. The minimum atomic E-state index is -0.488. The van der Waals surface area contributed by atoms with Crippen LogP contribution in [0.1, 0.15) is 47.4 Å². The Bertz CT molecular complexity index is 952. The average Bonchev–Trinajstić information content (AvgIpc) is 3.13. The molecule has 1 amide bonds. The van der Waals surface area contributed by atoms with E-state index in [1.54, 1.807) is 20.0 Å². The molecule has 0 atom stereocenters. The fourth-order valence-corrected chi connectivity index (χ4v) is 2.30. The van der Waals surface area contributed by atoms with Gasteiger partial charge in [-0.2, -0.15) is 9.50 Å². The lowest BCUT2D eigenvalue weighted by molar-refractivity contribution is 0.0769. The Kier molecular flexibility index (Phi) is 3.92. The smallest absolute Gasteiger partial charge is 0.286 e. The molecule has 0 saturated heterocycles. The summed E-state index contributed by atoms with van der Waals surface area (Å²) in [5.74, 6) is 1.12. The Morgan fingerprint density at radius 2 is 2.21 bits per heavy atom. The molecule has 0 fully saturated rings. The van der Waals surface area contributed by atoms with Gasteiger partial charge in [-0.25, -0.2) is 4.98 Å². The van der Waals surface area contributed by atoms with Crippen molar-refractivity contribution >= 4 is 11.7 Å². The van der Waals surface area contributed by atoms with Gasteiger partial charge in [0.1, 0.15) is 11.4 Å². The van der Waals surface area contributed by atoms with Gasteiger partial charge in [0, 0.05) is 19.3 Å². The van der Waals surface area contributed by atoms with Gasteiger partial charge < -0.3 is 9.42 Å². The Labute approximate surface area is 137 Å². The van der Waals surface area contributed by atoms with Crippen molar-refractivity contribution in [1.82, 2.24) is 29.6 Å². The lowest BCUT2D eigenvalue weighted by atomic mass is 10.1. The van der Waals surface area contributed by atoms with Crippen molar-refractivity contribution in [2.75, 3.05) is 7.05 Å². The quantitative estimate of drug-likeness (QED) is 0.767. The third-order valence-corrected chi connectivity index (χ3v) is 3.62. The highest BCUT2D eigenvalue weighted by Gasteiger charge is 2.20. The van der Waals surface area contributed by atoms with Crippen molar-refractivity contribution in [2.45, 2.75) is 33.2 Å². The standard InChI is InChI=1S/C15H18N6O3/c1-8(2)12-5-10(24-19-12)7-20(4)13(22)11-6-16-15-17-9(3)18-21(15)14(11)23/h5-6,8H,7H2,1-4H3,(H,16,17,18). The molecule has 0 bridgehead atoms. The van der Waals surface area contributed by atoms with E-state index in [-0.39, 0.29) is 23.8 Å². The summed E-state index contributed by atoms with van der Waals surface area (Å²) < 4.78 is 6.38. The molecule has 0 aliphatic rings. The molecule has 9 nitrogen and oxygen atoms in total. The lowest BCUT2D eigenvalue weighted by Crippen LogP contribution is -2.33. The number of aromatic nitrogens is 5. The van der Waals surface area contributed by atoms with Gasteiger partial charge in [0.05, 0.1) is 12.2 Å². The topological polar surface area (TPSA) is 109 Å². The Balaban J connectivity index is 1.85. The van der Waals surface area contributed by atoms with Crippen molar-refractivity contribution in [3.05, 3.63) is 45.5 Å². The van der Waals surface area contributed by atoms with E-state index in [9.17, 15) is 9.59 Å². The van der Waals surface area contributed by atoms with Crippen molar-refractivity contribution in [2.24, 2.45) is 0 Å². The minimum absolute atomic E-state index is 0.0396. The summed E-state index contributed by atoms with van der Waals surface area (Å²) >= 11 is 0. The normalized spacial score (nSPS) is 11.4. The van der Waals surface area contributed by atoms with Crippen LogP contribution in [0.25, 0.3) is 5.78 Å². The van der Waals surface area contributed by atoms with Crippen molar-refractivity contribution in [3.63, 3.8) is 0 Å². The van der Waals surface area contributed by atoms with E-state index < -0.39 is 11.5 Å². The van der Waals surface area contributed by atoms with E-state index >= 15 is 0 Å². The molecule has 0 aliphatic heterocycles. The van der Waals surface area contributed by atoms with Gasteiger partial charge in [0.25, 0.3) is 17.2 Å². The Morgan fingerprint density at radius 1 is 1.46 bits per heavy atom. The molecule has 3 aromatic rings. The second-order valence-corrected chi connectivity index (χ2v) is 5.96. The highest BCUT2D eigenvalue weighted by Crippen LogP contribution is 2.15. The Morgan fingerprint density at radius 3 is 2.88 bits per heavy atom. The maximum absolute atomic E-state index is 12.5. The molecule has 0 saturated carbocycles.